The second kappa shape index (κ2) is 8.26. The predicted octanol–water partition coefficient (Wildman–Crippen LogP) is 5.13. The number of hydrogen-bond acceptors (Lipinski definition) is 3. The van der Waals surface area contributed by atoms with Crippen LogP contribution in [0.2, 0.25) is 0 Å². The summed E-state index contributed by atoms with van der Waals surface area (Å²) in [6.07, 6.45) is 1.79. The van der Waals surface area contributed by atoms with Gasteiger partial charge in [-0.2, -0.15) is 0 Å². The van der Waals surface area contributed by atoms with Crippen LogP contribution in [0, 0.1) is 6.92 Å². The van der Waals surface area contributed by atoms with Crippen LogP contribution in [-0.4, -0.2) is 17.6 Å². The molecule has 1 aliphatic rings. The van der Waals surface area contributed by atoms with E-state index >= 15 is 0 Å². The van der Waals surface area contributed by atoms with Gasteiger partial charge in [-0.25, -0.2) is 0 Å². The zero-order chi connectivity index (χ0) is 20.3. The Hall–Kier alpha value is -2.49. The van der Waals surface area contributed by atoms with E-state index in [9.17, 15) is 4.79 Å². The Morgan fingerprint density at radius 3 is 2.57 bits per heavy atom. The van der Waals surface area contributed by atoms with Crippen LogP contribution in [0.1, 0.15) is 63.3 Å². The first-order valence-electron chi connectivity index (χ1n) is 10.2. The van der Waals surface area contributed by atoms with Crippen LogP contribution in [0.5, 0.6) is 11.5 Å². The van der Waals surface area contributed by atoms with E-state index in [1.807, 2.05) is 44.2 Å². The lowest BCUT2D eigenvalue weighted by Crippen LogP contribution is -2.45. The Kier molecular flexibility index (Phi) is 5.97. The summed E-state index contributed by atoms with van der Waals surface area (Å²) >= 11 is 0. The van der Waals surface area contributed by atoms with Crippen molar-refractivity contribution in [3.63, 3.8) is 0 Å². The number of carbonyl (C=O) groups excluding carboxylic acids is 1. The lowest BCUT2D eigenvalue weighted by molar-refractivity contribution is -0.129. The Morgan fingerprint density at radius 1 is 1.21 bits per heavy atom. The molecular weight excluding hydrogens is 350 g/mol. The van der Waals surface area contributed by atoms with Crippen molar-refractivity contribution in [2.75, 3.05) is 0 Å². The number of fused-ring (bicyclic) bond motifs is 1. The molecule has 1 N–H and O–H groups in total. The molecule has 2 aromatic carbocycles. The number of benzene rings is 2. The Morgan fingerprint density at radius 2 is 1.93 bits per heavy atom. The van der Waals surface area contributed by atoms with Crippen LogP contribution >= 0.6 is 0 Å². The third kappa shape index (κ3) is 4.67. The highest BCUT2D eigenvalue weighted by Crippen LogP contribution is 2.40. The minimum atomic E-state index is -0.521. The van der Waals surface area contributed by atoms with Crippen molar-refractivity contribution in [2.45, 2.75) is 71.6 Å². The number of rotatable bonds is 6. The molecule has 4 nitrogen and oxygen atoms in total. The van der Waals surface area contributed by atoms with Gasteiger partial charge in [0.2, 0.25) is 0 Å². The Labute approximate surface area is 168 Å². The number of hydrogen-bond donors (Lipinski definition) is 1. The van der Waals surface area contributed by atoms with Crippen LogP contribution < -0.4 is 14.8 Å². The van der Waals surface area contributed by atoms with Gasteiger partial charge in [-0.1, -0.05) is 38.1 Å². The molecule has 0 bridgehead atoms. The van der Waals surface area contributed by atoms with Crippen LogP contribution in [0.25, 0.3) is 0 Å². The SMILES string of the molecule is CCc1ccc(O[C@@H](CC)C(=O)N[C@H]2CC(C)(C)Oc3cc(C)ccc32)cc1. The fourth-order valence-corrected chi connectivity index (χ4v) is 3.64. The quantitative estimate of drug-likeness (QED) is 0.754. The smallest absolute Gasteiger partial charge is 0.261 e. The van der Waals surface area contributed by atoms with Gasteiger partial charge in [0.15, 0.2) is 6.10 Å². The van der Waals surface area contributed by atoms with E-state index in [4.69, 9.17) is 9.47 Å². The van der Waals surface area contributed by atoms with E-state index in [0.717, 1.165) is 35.5 Å². The summed E-state index contributed by atoms with van der Waals surface area (Å²) in [4.78, 5) is 13.0. The van der Waals surface area contributed by atoms with Crippen LogP contribution in [0.3, 0.4) is 0 Å². The summed E-state index contributed by atoms with van der Waals surface area (Å²) in [5.41, 5.74) is 3.09. The number of carbonyl (C=O) groups is 1. The van der Waals surface area contributed by atoms with Crippen LogP contribution in [0.4, 0.5) is 0 Å². The fourth-order valence-electron chi connectivity index (χ4n) is 3.64. The zero-order valence-electron chi connectivity index (χ0n) is 17.5. The maximum absolute atomic E-state index is 13.0. The van der Waals surface area contributed by atoms with E-state index in [2.05, 4.69) is 38.2 Å². The molecule has 0 saturated carbocycles. The van der Waals surface area contributed by atoms with Gasteiger partial charge in [0.1, 0.15) is 17.1 Å². The topological polar surface area (TPSA) is 47.6 Å². The molecule has 1 amide bonds. The number of ether oxygens (including phenoxy) is 2. The Bertz CT molecular complexity index is 826. The van der Waals surface area contributed by atoms with E-state index < -0.39 is 6.10 Å². The van der Waals surface area contributed by atoms with Gasteiger partial charge in [0.25, 0.3) is 5.91 Å². The molecule has 1 aliphatic heterocycles. The van der Waals surface area contributed by atoms with Gasteiger partial charge in [0, 0.05) is 12.0 Å². The molecule has 2 aromatic rings. The molecular formula is C24H31NO3. The van der Waals surface area contributed by atoms with Crippen molar-refractivity contribution in [3.8, 4) is 11.5 Å². The van der Waals surface area contributed by atoms with Gasteiger partial charge in [-0.15, -0.1) is 0 Å². The van der Waals surface area contributed by atoms with E-state index in [-0.39, 0.29) is 17.6 Å². The Balaban J connectivity index is 1.74. The highest BCUT2D eigenvalue weighted by atomic mass is 16.5. The summed E-state index contributed by atoms with van der Waals surface area (Å²) in [6, 6.07) is 14.0. The molecule has 0 fully saturated rings. The van der Waals surface area contributed by atoms with E-state index in [0.29, 0.717) is 6.42 Å². The zero-order valence-corrected chi connectivity index (χ0v) is 17.5. The molecule has 0 aliphatic carbocycles. The van der Waals surface area contributed by atoms with Crippen molar-refractivity contribution in [1.82, 2.24) is 5.32 Å². The predicted molar refractivity (Wildman–Crippen MR) is 112 cm³/mol. The lowest BCUT2D eigenvalue weighted by Gasteiger charge is -2.38. The number of amides is 1. The summed E-state index contributed by atoms with van der Waals surface area (Å²) in [6.45, 7) is 10.2. The molecule has 0 aromatic heterocycles. The monoisotopic (exact) mass is 381 g/mol. The summed E-state index contributed by atoms with van der Waals surface area (Å²) < 4.78 is 12.1. The molecule has 1 heterocycles. The second-order valence-electron chi connectivity index (χ2n) is 8.18. The molecule has 28 heavy (non-hydrogen) atoms. The maximum Gasteiger partial charge on any atom is 0.261 e. The van der Waals surface area contributed by atoms with Gasteiger partial charge < -0.3 is 14.8 Å². The molecule has 3 rings (SSSR count). The first-order chi connectivity index (χ1) is 13.3. The van der Waals surface area contributed by atoms with Crippen molar-refractivity contribution >= 4 is 5.91 Å². The molecule has 0 spiro atoms. The standard InChI is InChI=1S/C24H31NO3/c1-6-17-9-11-18(12-10-17)27-21(7-2)23(26)25-20-15-24(4,5)28-22-14-16(3)8-13-19(20)22/h8-14,20-21H,6-7,15H2,1-5H3,(H,25,26)/t20-,21-/m0/s1. The molecule has 0 unspecified atom stereocenters. The highest BCUT2D eigenvalue weighted by molar-refractivity contribution is 5.81. The molecule has 0 radical (unpaired) electrons. The number of aryl methyl sites for hydroxylation is 2. The van der Waals surface area contributed by atoms with Crippen molar-refractivity contribution < 1.29 is 14.3 Å². The second-order valence-corrected chi connectivity index (χ2v) is 8.18. The van der Waals surface area contributed by atoms with Crippen molar-refractivity contribution in [2.24, 2.45) is 0 Å². The molecule has 0 saturated heterocycles. The summed E-state index contributed by atoms with van der Waals surface area (Å²) in [5.74, 6) is 1.49. The average molecular weight is 382 g/mol. The third-order valence-electron chi connectivity index (χ3n) is 5.22. The van der Waals surface area contributed by atoms with E-state index in [1.165, 1.54) is 5.56 Å². The van der Waals surface area contributed by atoms with Gasteiger partial charge in [0.05, 0.1) is 6.04 Å². The summed E-state index contributed by atoms with van der Waals surface area (Å²) in [5, 5.41) is 3.20. The van der Waals surface area contributed by atoms with Crippen molar-refractivity contribution in [3.05, 3.63) is 59.2 Å². The molecule has 2 atom stereocenters. The first-order valence-corrected chi connectivity index (χ1v) is 10.2. The van der Waals surface area contributed by atoms with Gasteiger partial charge >= 0.3 is 0 Å². The van der Waals surface area contributed by atoms with Crippen molar-refractivity contribution in [1.29, 1.82) is 0 Å². The number of nitrogens with one attached hydrogen (secondary N) is 1. The normalized spacial score (nSPS) is 18.5. The van der Waals surface area contributed by atoms with Crippen LogP contribution in [0.15, 0.2) is 42.5 Å². The minimum Gasteiger partial charge on any atom is -0.487 e. The molecule has 150 valence electrons. The third-order valence-corrected chi connectivity index (χ3v) is 5.22. The maximum atomic E-state index is 13.0. The van der Waals surface area contributed by atoms with Gasteiger partial charge in [-0.05, 0) is 62.9 Å². The molecule has 4 heteroatoms. The largest absolute Gasteiger partial charge is 0.487 e. The average Bonchev–Trinajstić information content (AvgIpc) is 2.65. The van der Waals surface area contributed by atoms with Gasteiger partial charge in [-0.3, -0.25) is 4.79 Å². The highest BCUT2D eigenvalue weighted by Gasteiger charge is 2.35. The van der Waals surface area contributed by atoms with E-state index in [1.54, 1.807) is 0 Å². The fraction of sp³-hybridized carbons (Fsp3) is 0.458. The van der Waals surface area contributed by atoms with Crippen LogP contribution in [-0.2, 0) is 11.2 Å². The lowest BCUT2D eigenvalue weighted by atomic mass is 9.89. The first kappa shape index (κ1) is 20.2. The minimum absolute atomic E-state index is 0.0868. The summed E-state index contributed by atoms with van der Waals surface area (Å²) in [7, 11) is 0.